The van der Waals surface area contributed by atoms with Crippen molar-refractivity contribution in [3.63, 3.8) is 0 Å². The van der Waals surface area contributed by atoms with Crippen LogP contribution in [-0.2, 0) is 26.1 Å². The highest BCUT2D eigenvalue weighted by molar-refractivity contribution is 7.92. The van der Waals surface area contributed by atoms with Crippen molar-refractivity contribution in [2.45, 2.75) is 11.4 Å². The van der Waals surface area contributed by atoms with E-state index in [4.69, 9.17) is 25.8 Å². The zero-order valence-corrected chi connectivity index (χ0v) is 21.5. The fraction of sp³-hybridized carbons (Fsp3) is 0.125. The highest BCUT2D eigenvalue weighted by Gasteiger charge is 2.20. The summed E-state index contributed by atoms with van der Waals surface area (Å²) in [7, 11) is -2.56. The second kappa shape index (κ2) is 9.88. The summed E-state index contributed by atoms with van der Waals surface area (Å²) in [4.78, 5) is 29.6. The molecular weight excluding hydrogens is 542 g/mol. The van der Waals surface area contributed by atoms with Crippen LogP contribution in [-0.4, -0.2) is 38.8 Å². The van der Waals surface area contributed by atoms with Crippen LogP contribution in [0.25, 0.3) is 10.2 Å². The molecule has 10 nitrogen and oxygen atoms in total. The molecule has 5 rings (SSSR count). The number of nitrogens with zero attached hydrogens (tertiary/aromatic N) is 2. The number of hydrogen-bond acceptors (Lipinski definition) is 8. The molecule has 1 aliphatic heterocycles. The number of nitrogens with one attached hydrogen (secondary N) is 1. The fourth-order valence-corrected chi connectivity index (χ4v) is 5.77. The number of carbonyl (C=O) groups excluding carboxylic acids is 2. The molecule has 0 saturated carbocycles. The molecule has 0 radical (unpaired) electrons. The first kappa shape index (κ1) is 24.8. The van der Waals surface area contributed by atoms with E-state index in [1.807, 2.05) is 0 Å². The Bertz CT molecular complexity index is 1690. The number of sulfonamides is 1. The van der Waals surface area contributed by atoms with Gasteiger partial charge in [-0.15, -0.1) is 0 Å². The minimum absolute atomic E-state index is 0.0498. The molecule has 0 bridgehead atoms. The van der Waals surface area contributed by atoms with Crippen molar-refractivity contribution in [2.75, 3.05) is 18.6 Å². The maximum absolute atomic E-state index is 13.0. The van der Waals surface area contributed by atoms with Gasteiger partial charge in [-0.2, -0.15) is 4.99 Å². The number of hydrogen-bond donors (Lipinski definition) is 1. The topological polar surface area (TPSA) is 125 Å². The van der Waals surface area contributed by atoms with Crippen molar-refractivity contribution in [2.24, 2.45) is 4.99 Å². The molecule has 1 amide bonds. The van der Waals surface area contributed by atoms with Gasteiger partial charge in [-0.1, -0.05) is 22.9 Å². The predicted molar refractivity (Wildman–Crippen MR) is 137 cm³/mol. The third-order valence-electron chi connectivity index (χ3n) is 5.40. The summed E-state index contributed by atoms with van der Waals surface area (Å²) in [6, 6.07) is 15.1. The Hall–Kier alpha value is -3.87. The number of thiazole rings is 1. The summed E-state index contributed by atoms with van der Waals surface area (Å²) < 4.78 is 45.6. The van der Waals surface area contributed by atoms with Crippen molar-refractivity contribution in [1.29, 1.82) is 0 Å². The van der Waals surface area contributed by atoms with E-state index in [-0.39, 0.29) is 34.3 Å². The molecule has 1 aromatic heterocycles. The quantitative estimate of drug-likeness (QED) is 0.356. The standard InChI is InChI=1S/C24H18ClN3O7S2/c1-33-22(29)12-28-18-10-19-20(35-13-34-19)11-21(18)36-24(28)26-23(30)14-2-6-16(7-3-14)27-37(31,32)17-8-4-15(25)5-9-17/h2-11,27H,12-13H2,1H3. The molecule has 0 atom stereocenters. The first-order valence-electron chi connectivity index (χ1n) is 10.7. The normalized spacial score (nSPS) is 13.1. The number of benzene rings is 3. The molecule has 4 aromatic rings. The maximum Gasteiger partial charge on any atom is 0.325 e. The lowest BCUT2D eigenvalue weighted by atomic mass is 10.2. The fourth-order valence-electron chi connectivity index (χ4n) is 3.55. The minimum Gasteiger partial charge on any atom is -0.468 e. The molecule has 3 aromatic carbocycles. The van der Waals surface area contributed by atoms with E-state index in [9.17, 15) is 18.0 Å². The monoisotopic (exact) mass is 559 g/mol. The Morgan fingerprint density at radius 1 is 1.08 bits per heavy atom. The van der Waals surface area contributed by atoms with Gasteiger partial charge in [-0.25, -0.2) is 8.42 Å². The van der Waals surface area contributed by atoms with Crippen LogP contribution in [0.3, 0.4) is 0 Å². The molecule has 1 N–H and O–H groups in total. The second-order valence-corrected chi connectivity index (χ2v) is 10.9. The van der Waals surface area contributed by atoms with E-state index in [0.29, 0.717) is 22.0 Å². The summed E-state index contributed by atoms with van der Waals surface area (Å²) in [6.45, 7) is -0.0567. The van der Waals surface area contributed by atoms with E-state index in [0.717, 1.165) is 4.70 Å². The summed E-state index contributed by atoms with van der Waals surface area (Å²) in [6.07, 6.45) is 0. The van der Waals surface area contributed by atoms with Gasteiger partial charge < -0.3 is 18.8 Å². The maximum atomic E-state index is 13.0. The van der Waals surface area contributed by atoms with Gasteiger partial charge >= 0.3 is 5.97 Å². The van der Waals surface area contributed by atoms with Crippen molar-refractivity contribution in [3.05, 3.63) is 76.1 Å². The first-order chi connectivity index (χ1) is 17.7. The number of methoxy groups -OCH3 is 1. The molecule has 0 spiro atoms. The average molecular weight is 560 g/mol. The van der Waals surface area contributed by atoms with E-state index >= 15 is 0 Å². The number of anilines is 1. The number of esters is 1. The van der Waals surface area contributed by atoms with Crippen LogP contribution >= 0.6 is 22.9 Å². The molecule has 2 heterocycles. The number of fused-ring (bicyclic) bond motifs is 2. The lowest BCUT2D eigenvalue weighted by Gasteiger charge is -2.08. The lowest BCUT2D eigenvalue weighted by Crippen LogP contribution is -2.22. The average Bonchev–Trinajstić information content (AvgIpc) is 3.46. The lowest BCUT2D eigenvalue weighted by molar-refractivity contribution is -0.141. The number of halogens is 1. The Morgan fingerprint density at radius 2 is 1.76 bits per heavy atom. The Labute approximate surface area is 219 Å². The summed E-state index contributed by atoms with van der Waals surface area (Å²) in [5.74, 6) is 0.00725. The van der Waals surface area contributed by atoms with Crippen LogP contribution < -0.4 is 19.0 Å². The Morgan fingerprint density at radius 3 is 2.43 bits per heavy atom. The van der Waals surface area contributed by atoms with Crippen LogP contribution in [0.2, 0.25) is 5.02 Å². The van der Waals surface area contributed by atoms with Crippen LogP contribution in [0, 0.1) is 0 Å². The van der Waals surface area contributed by atoms with Gasteiger partial charge in [0.1, 0.15) is 6.54 Å². The molecule has 37 heavy (non-hydrogen) atoms. The summed E-state index contributed by atoms with van der Waals surface area (Å²) in [5, 5.41) is 0.419. The Balaban J connectivity index is 1.44. The highest BCUT2D eigenvalue weighted by Crippen LogP contribution is 2.37. The number of ether oxygens (including phenoxy) is 3. The van der Waals surface area contributed by atoms with E-state index in [1.165, 1.54) is 67.0 Å². The number of amides is 1. The van der Waals surface area contributed by atoms with Crippen LogP contribution in [0.1, 0.15) is 10.4 Å². The summed E-state index contributed by atoms with van der Waals surface area (Å²) >= 11 is 7.03. The van der Waals surface area contributed by atoms with Gasteiger partial charge in [0.25, 0.3) is 15.9 Å². The SMILES string of the molecule is COC(=O)Cn1c(=NC(=O)c2ccc(NS(=O)(=O)c3ccc(Cl)cc3)cc2)sc2cc3c(cc21)OCO3. The predicted octanol–water partition coefficient (Wildman–Crippen LogP) is 3.80. The van der Waals surface area contributed by atoms with Gasteiger partial charge in [-0.3, -0.25) is 14.3 Å². The van der Waals surface area contributed by atoms with Crippen molar-refractivity contribution in [1.82, 2.24) is 4.57 Å². The molecule has 0 saturated heterocycles. The van der Waals surface area contributed by atoms with E-state index in [1.54, 1.807) is 16.7 Å². The number of aromatic nitrogens is 1. The van der Waals surface area contributed by atoms with Gasteiger partial charge in [0, 0.05) is 28.4 Å². The van der Waals surface area contributed by atoms with E-state index < -0.39 is 21.9 Å². The van der Waals surface area contributed by atoms with Crippen molar-refractivity contribution >= 4 is 60.7 Å². The molecular formula is C24H18ClN3O7S2. The zero-order valence-electron chi connectivity index (χ0n) is 19.1. The minimum atomic E-state index is -3.83. The van der Waals surface area contributed by atoms with Gasteiger partial charge in [0.15, 0.2) is 16.3 Å². The van der Waals surface area contributed by atoms with Crippen LogP contribution in [0.15, 0.2) is 70.6 Å². The van der Waals surface area contributed by atoms with Crippen molar-refractivity contribution in [3.8, 4) is 11.5 Å². The van der Waals surface area contributed by atoms with Crippen molar-refractivity contribution < 1.29 is 32.2 Å². The number of carbonyl (C=O) groups is 2. The molecule has 0 aliphatic carbocycles. The Kier molecular flexibility index (Phi) is 6.63. The third kappa shape index (κ3) is 5.17. The van der Waals surface area contributed by atoms with Gasteiger partial charge in [-0.05, 0) is 48.5 Å². The first-order valence-corrected chi connectivity index (χ1v) is 13.4. The van der Waals surface area contributed by atoms with E-state index in [2.05, 4.69) is 9.71 Å². The smallest absolute Gasteiger partial charge is 0.325 e. The third-order valence-corrected chi connectivity index (χ3v) is 8.09. The van der Waals surface area contributed by atoms with Crippen LogP contribution in [0.4, 0.5) is 5.69 Å². The van der Waals surface area contributed by atoms with Gasteiger partial charge in [0.05, 0.1) is 22.2 Å². The molecule has 0 fully saturated rings. The highest BCUT2D eigenvalue weighted by atomic mass is 35.5. The molecule has 1 aliphatic rings. The second-order valence-electron chi connectivity index (χ2n) is 7.77. The molecule has 190 valence electrons. The number of rotatable bonds is 6. The summed E-state index contributed by atoms with van der Waals surface area (Å²) in [5.41, 5.74) is 1.13. The molecule has 13 heteroatoms. The largest absolute Gasteiger partial charge is 0.468 e. The molecule has 0 unspecified atom stereocenters. The van der Waals surface area contributed by atoms with Crippen LogP contribution in [0.5, 0.6) is 11.5 Å². The zero-order chi connectivity index (χ0) is 26.2. The van der Waals surface area contributed by atoms with Gasteiger partial charge in [0.2, 0.25) is 6.79 Å².